The summed E-state index contributed by atoms with van der Waals surface area (Å²) in [5.41, 5.74) is 7.15. The second kappa shape index (κ2) is 8.80. The van der Waals surface area contributed by atoms with Crippen LogP contribution in [0, 0.1) is 0 Å². The summed E-state index contributed by atoms with van der Waals surface area (Å²) < 4.78 is 5.47. The number of ether oxygens (including phenoxy) is 1. The second-order valence-electron chi connectivity index (χ2n) is 5.79. The Balaban J connectivity index is 1.73. The predicted molar refractivity (Wildman–Crippen MR) is 101 cm³/mol. The van der Waals surface area contributed by atoms with Gasteiger partial charge in [0.25, 0.3) is 0 Å². The third-order valence-electron chi connectivity index (χ3n) is 4.08. The number of guanidine groups is 1. The zero-order valence-corrected chi connectivity index (χ0v) is 14.7. The number of hydrogen-bond acceptors (Lipinski definition) is 4. The monoisotopic (exact) mass is 359 g/mol. The molecule has 7 heteroatoms. The Kier molecular flexibility index (Phi) is 6.22. The Morgan fingerprint density at radius 2 is 2.12 bits per heavy atom. The first kappa shape index (κ1) is 17.7. The van der Waals surface area contributed by atoms with Crippen molar-refractivity contribution >= 4 is 23.4 Å². The average molecular weight is 360 g/mol. The standard InChI is InChI=1S/C18H22ClN5O/c19-15-5-3-4-14(12-15)16(24-8-10-25-11-9-24)13-22-18(20)23-17-6-1-2-7-21-17/h1-7,12,16H,8-11,13H2,(H3,20,21,22,23). The lowest BCUT2D eigenvalue weighted by molar-refractivity contribution is 0.0180. The van der Waals surface area contributed by atoms with Gasteiger partial charge in [0.15, 0.2) is 5.96 Å². The highest BCUT2D eigenvalue weighted by Gasteiger charge is 2.22. The van der Waals surface area contributed by atoms with E-state index in [4.69, 9.17) is 22.1 Å². The molecular weight excluding hydrogens is 338 g/mol. The van der Waals surface area contributed by atoms with Crippen molar-refractivity contribution in [2.24, 2.45) is 10.7 Å². The van der Waals surface area contributed by atoms with Crippen LogP contribution in [0.15, 0.2) is 53.7 Å². The highest BCUT2D eigenvalue weighted by atomic mass is 35.5. The number of aromatic nitrogens is 1. The van der Waals surface area contributed by atoms with Gasteiger partial charge in [-0.1, -0.05) is 29.8 Å². The average Bonchev–Trinajstić information content (AvgIpc) is 2.64. The minimum absolute atomic E-state index is 0.103. The van der Waals surface area contributed by atoms with Gasteiger partial charge >= 0.3 is 0 Å². The summed E-state index contributed by atoms with van der Waals surface area (Å²) in [6.07, 6.45) is 1.71. The van der Waals surface area contributed by atoms with Gasteiger partial charge in [-0.05, 0) is 29.8 Å². The van der Waals surface area contributed by atoms with Crippen molar-refractivity contribution in [2.75, 3.05) is 38.2 Å². The maximum absolute atomic E-state index is 6.17. The van der Waals surface area contributed by atoms with E-state index in [0.717, 1.165) is 36.9 Å². The fraction of sp³-hybridized carbons (Fsp3) is 0.333. The van der Waals surface area contributed by atoms with E-state index in [-0.39, 0.29) is 6.04 Å². The van der Waals surface area contributed by atoms with Crippen LogP contribution in [0.2, 0.25) is 5.02 Å². The minimum atomic E-state index is 0.103. The SMILES string of the molecule is NC(=NCC(c1cccc(Cl)c1)N1CCOCC1)Nc1ccccn1. The van der Waals surface area contributed by atoms with Crippen LogP contribution in [-0.2, 0) is 4.74 Å². The lowest BCUT2D eigenvalue weighted by Crippen LogP contribution is -2.40. The summed E-state index contributed by atoms with van der Waals surface area (Å²) in [5, 5.41) is 3.73. The van der Waals surface area contributed by atoms with E-state index in [1.807, 2.05) is 36.4 Å². The Labute approximate surface area is 152 Å². The first-order valence-electron chi connectivity index (χ1n) is 8.27. The molecule has 3 N–H and O–H groups in total. The van der Waals surface area contributed by atoms with Gasteiger partial charge in [-0.2, -0.15) is 0 Å². The number of rotatable bonds is 5. The maximum atomic E-state index is 6.17. The zero-order chi connectivity index (χ0) is 17.5. The highest BCUT2D eigenvalue weighted by molar-refractivity contribution is 6.30. The Bertz CT molecular complexity index is 704. The molecule has 1 aromatic heterocycles. The third-order valence-corrected chi connectivity index (χ3v) is 4.31. The van der Waals surface area contributed by atoms with Crippen LogP contribution in [0.1, 0.15) is 11.6 Å². The molecule has 1 aliphatic heterocycles. The van der Waals surface area contributed by atoms with E-state index < -0.39 is 0 Å². The smallest absolute Gasteiger partial charge is 0.194 e. The molecule has 1 saturated heterocycles. The summed E-state index contributed by atoms with van der Waals surface area (Å²) in [5.74, 6) is 1.02. The Morgan fingerprint density at radius 1 is 1.28 bits per heavy atom. The van der Waals surface area contributed by atoms with Gasteiger partial charge in [0, 0.05) is 24.3 Å². The summed E-state index contributed by atoms with van der Waals surface area (Å²) in [6.45, 7) is 3.71. The normalized spacial score (nSPS) is 17.2. The maximum Gasteiger partial charge on any atom is 0.194 e. The van der Waals surface area contributed by atoms with Gasteiger partial charge in [-0.25, -0.2) is 4.98 Å². The number of hydrogen-bond donors (Lipinski definition) is 2. The topological polar surface area (TPSA) is 75.8 Å². The molecule has 0 radical (unpaired) electrons. The van der Waals surface area contributed by atoms with Crippen molar-refractivity contribution < 1.29 is 4.74 Å². The van der Waals surface area contributed by atoms with Crippen molar-refractivity contribution in [1.82, 2.24) is 9.88 Å². The molecule has 1 fully saturated rings. The van der Waals surface area contributed by atoms with Gasteiger partial charge < -0.3 is 15.8 Å². The summed E-state index contributed by atoms with van der Waals surface area (Å²) in [4.78, 5) is 11.1. The van der Waals surface area contributed by atoms with Crippen molar-refractivity contribution in [3.63, 3.8) is 0 Å². The lowest BCUT2D eigenvalue weighted by atomic mass is 10.0. The van der Waals surface area contributed by atoms with Crippen LogP contribution in [-0.4, -0.2) is 48.7 Å². The number of nitrogens with zero attached hydrogens (tertiary/aromatic N) is 3. The van der Waals surface area contributed by atoms with Crippen LogP contribution in [0.3, 0.4) is 0 Å². The van der Waals surface area contributed by atoms with Crippen LogP contribution in [0.4, 0.5) is 5.82 Å². The number of anilines is 1. The first-order valence-corrected chi connectivity index (χ1v) is 8.65. The van der Waals surface area contributed by atoms with Crippen LogP contribution in [0.25, 0.3) is 0 Å². The quantitative estimate of drug-likeness (QED) is 0.633. The van der Waals surface area contributed by atoms with Crippen LogP contribution in [0.5, 0.6) is 0 Å². The van der Waals surface area contributed by atoms with Crippen molar-refractivity contribution in [2.45, 2.75) is 6.04 Å². The molecule has 3 rings (SSSR count). The van der Waals surface area contributed by atoms with Crippen molar-refractivity contribution in [1.29, 1.82) is 0 Å². The molecule has 0 saturated carbocycles. The molecule has 6 nitrogen and oxygen atoms in total. The third kappa shape index (κ3) is 5.16. The van der Waals surface area contributed by atoms with E-state index in [1.54, 1.807) is 6.20 Å². The number of halogens is 1. The first-order chi connectivity index (χ1) is 12.2. The van der Waals surface area contributed by atoms with Gasteiger partial charge in [0.2, 0.25) is 0 Å². The number of morpholine rings is 1. The fourth-order valence-electron chi connectivity index (χ4n) is 2.83. The van der Waals surface area contributed by atoms with E-state index in [1.165, 1.54) is 0 Å². The van der Waals surface area contributed by atoms with Crippen LogP contribution >= 0.6 is 11.6 Å². The van der Waals surface area contributed by atoms with E-state index in [0.29, 0.717) is 18.3 Å². The number of nitrogens with one attached hydrogen (secondary N) is 1. The molecule has 1 unspecified atom stereocenters. The minimum Gasteiger partial charge on any atom is -0.379 e. The molecule has 2 aromatic rings. The number of aliphatic imine (C=N–C) groups is 1. The summed E-state index contributed by atoms with van der Waals surface area (Å²) >= 11 is 6.17. The van der Waals surface area contributed by atoms with Gasteiger partial charge in [0.1, 0.15) is 5.82 Å². The van der Waals surface area contributed by atoms with Gasteiger partial charge in [-0.15, -0.1) is 0 Å². The molecule has 1 atom stereocenters. The van der Waals surface area contributed by atoms with Crippen molar-refractivity contribution in [3.8, 4) is 0 Å². The van der Waals surface area contributed by atoms with Crippen LogP contribution < -0.4 is 11.1 Å². The molecule has 1 aliphatic rings. The number of benzene rings is 1. The second-order valence-corrected chi connectivity index (χ2v) is 6.22. The molecule has 2 heterocycles. The molecule has 0 spiro atoms. The molecule has 132 valence electrons. The fourth-order valence-corrected chi connectivity index (χ4v) is 3.03. The summed E-state index contributed by atoms with van der Waals surface area (Å²) in [7, 11) is 0. The molecule has 0 aliphatic carbocycles. The van der Waals surface area contributed by atoms with Crippen molar-refractivity contribution in [3.05, 3.63) is 59.2 Å². The predicted octanol–water partition coefficient (Wildman–Crippen LogP) is 2.54. The van der Waals surface area contributed by atoms with E-state index in [9.17, 15) is 0 Å². The van der Waals surface area contributed by atoms with Gasteiger partial charge in [-0.3, -0.25) is 9.89 Å². The molecule has 0 amide bonds. The molecule has 0 bridgehead atoms. The zero-order valence-electron chi connectivity index (χ0n) is 13.9. The van der Waals surface area contributed by atoms with E-state index in [2.05, 4.69) is 26.3 Å². The molecule has 25 heavy (non-hydrogen) atoms. The molecule has 1 aromatic carbocycles. The number of pyridine rings is 1. The lowest BCUT2D eigenvalue weighted by Gasteiger charge is -2.34. The Hall–Kier alpha value is -2.15. The van der Waals surface area contributed by atoms with Gasteiger partial charge in [0.05, 0.1) is 25.8 Å². The highest BCUT2D eigenvalue weighted by Crippen LogP contribution is 2.24. The molecular formula is C18H22ClN5O. The Morgan fingerprint density at radius 3 is 2.84 bits per heavy atom. The summed E-state index contributed by atoms with van der Waals surface area (Å²) in [6, 6.07) is 13.6. The number of nitrogens with two attached hydrogens (primary N) is 1. The van der Waals surface area contributed by atoms with E-state index >= 15 is 0 Å². The largest absolute Gasteiger partial charge is 0.379 e.